The van der Waals surface area contributed by atoms with Crippen molar-refractivity contribution < 1.29 is 4.79 Å². The molecule has 0 aromatic heterocycles. The highest BCUT2D eigenvalue weighted by Gasteiger charge is 2.24. The molecule has 3 nitrogen and oxygen atoms in total. The molecule has 15 heavy (non-hydrogen) atoms. The second-order valence-electron chi connectivity index (χ2n) is 3.84. The predicted octanol–water partition coefficient (Wildman–Crippen LogP) is 1.14. The summed E-state index contributed by atoms with van der Waals surface area (Å²) in [5.74, 6) is 0.123. The van der Waals surface area contributed by atoms with Gasteiger partial charge in [0.25, 0.3) is 5.91 Å². The third kappa shape index (κ3) is 2.18. The third-order valence-corrected chi connectivity index (χ3v) is 2.71. The number of carbonyl (C=O) groups is 1. The molecule has 79 valence electrons. The van der Waals surface area contributed by atoms with Crippen LogP contribution in [-0.4, -0.2) is 36.5 Å². The zero-order valence-electron chi connectivity index (χ0n) is 8.89. The van der Waals surface area contributed by atoms with Crippen LogP contribution in [0, 0.1) is 0 Å². The van der Waals surface area contributed by atoms with Gasteiger partial charge in [-0.3, -0.25) is 4.79 Å². The molecule has 1 aliphatic heterocycles. The van der Waals surface area contributed by atoms with Crippen LogP contribution in [0.3, 0.4) is 0 Å². The van der Waals surface area contributed by atoms with Crippen molar-refractivity contribution >= 4 is 5.91 Å². The molecule has 2 rings (SSSR count). The molecule has 1 heterocycles. The molecule has 0 saturated carbocycles. The summed E-state index contributed by atoms with van der Waals surface area (Å²) >= 11 is 0. The fraction of sp³-hybridized carbons (Fsp3) is 0.417. The first kappa shape index (κ1) is 10.2. The monoisotopic (exact) mass is 203 g/mol. The minimum atomic E-state index is 0.123. The van der Waals surface area contributed by atoms with Crippen LogP contribution in [0.15, 0.2) is 30.3 Å². The van der Waals surface area contributed by atoms with Crippen molar-refractivity contribution in [3.05, 3.63) is 35.9 Å². The summed E-state index contributed by atoms with van der Waals surface area (Å²) in [5, 5.41) is 4.29. The number of rotatable bonds is 1. The van der Waals surface area contributed by atoms with E-state index in [1.54, 1.807) is 0 Å². The van der Waals surface area contributed by atoms with Crippen molar-refractivity contribution in [2.75, 3.05) is 19.6 Å². The van der Waals surface area contributed by atoms with E-state index in [4.69, 9.17) is 0 Å². The largest absolute Gasteiger partial charge is 0.333 e. The van der Waals surface area contributed by atoms with Gasteiger partial charge in [-0.05, 0) is 19.1 Å². The fourth-order valence-corrected chi connectivity index (χ4v) is 1.82. The van der Waals surface area contributed by atoms with Gasteiger partial charge in [0.1, 0.15) is 0 Å². The first-order chi connectivity index (χ1) is 7.29. The van der Waals surface area contributed by atoms with Crippen LogP contribution in [0.25, 0.3) is 0 Å². The SMILES string of the molecule is CC1C[N]CCN1C(=O)c1ccccc1. The summed E-state index contributed by atoms with van der Waals surface area (Å²) < 4.78 is 0. The van der Waals surface area contributed by atoms with E-state index in [2.05, 4.69) is 5.32 Å². The van der Waals surface area contributed by atoms with Crippen molar-refractivity contribution in [3.63, 3.8) is 0 Å². The van der Waals surface area contributed by atoms with E-state index < -0.39 is 0 Å². The second kappa shape index (κ2) is 4.45. The van der Waals surface area contributed by atoms with Crippen LogP contribution in [0.2, 0.25) is 0 Å². The molecule has 1 radical (unpaired) electrons. The molecule has 1 aromatic carbocycles. The molecule has 1 saturated heterocycles. The van der Waals surface area contributed by atoms with Crippen LogP contribution >= 0.6 is 0 Å². The Hall–Kier alpha value is -1.35. The minimum absolute atomic E-state index is 0.123. The van der Waals surface area contributed by atoms with Crippen molar-refractivity contribution in [2.24, 2.45) is 0 Å². The standard InChI is InChI=1S/C12H15N2O/c1-10-9-13-7-8-14(10)12(15)11-5-3-2-4-6-11/h2-6,10H,7-9H2,1H3. The number of nitrogens with zero attached hydrogens (tertiary/aromatic N) is 2. The summed E-state index contributed by atoms with van der Waals surface area (Å²) in [4.78, 5) is 14.0. The Balaban J connectivity index is 2.13. The van der Waals surface area contributed by atoms with Gasteiger partial charge in [0.15, 0.2) is 0 Å². The second-order valence-corrected chi connectivity index (χ2v) is 3.84. The highest BCUT2D eigenvalue weighted by atomic mass is 16.2. The molecule has 0 spiro atoms. The molecular formula is C12H15N2O. The Morgan fingerprint density at radius 3 is 2.80 bits per heavy atom. The van der Waals surface area contributed by atoms with Gasteiger partial charge >= 0.3 is 0 Å². The Labute approximate surface area is 90.1 Å². The fourth-order valence-electron chi connectivity index (χ4n) is 1.82. The average Bonchev–Trinajstić information content (AvgIpc) is 2.30. The summed E-state index contributed by atoms with van der Waals surface area (Å²) in [6.07, 6.45) is 0. The maximum absolute atomic E-state index is 12.1. The summed E-state index contributed by atoms with van der Waals surface area (Å²) in [6.45, 7) is 4.32. The van der Waals surface area contributed by atoms with E-state index in [-0.39, 0.29) is 11.9 Å². The lowest BCUT2D eigenvalue weighted by atomic mass is 10.1. The summed E-state index contributed by atoms with van der Waals surface area (Å²) in [5.41, 5.74) is 0.770. The van der Waals surface area contributed by atoms with Gasteiger partial charge in [-0.25, -0.2) is 5.32 Å². The lowest BCUT2D eigenvalue weighted by Crippen LogP contribution is -2.49. The predicted molar refractivity (Wildman–Crippen MR) is 58.8 cm³/mol. The van der Waals surface area contributed by atoms with E-state index in [0.717, 1.165) is 25.2 Å². The van der Waals surface area contributed by atoms with Crippen LogP contribution in [-0.2, 0) is 0 Å². The number of piperazine rings is 1. The average molecular weight is 203 g/mol. The van der Waals surface area contributed by atoms with Crippen molar-refractivity contribution in [3.8, 4) is 0 Å². The molecule has 1 unspecified atom stereocenters. The molecule has 3 heteroatoms. The van der Waals surface area contributed by atoms with Gasteiger partial charge in [0.05, 0.1) is 0 Å². The molecule has 0 N–H and O–H groups in total. The van der Waals surface area contributed by atoms with E-state index in [1.165, 1.54) is 0 Å². The lowest BCUT2D eigenvalue weighted by molar-refractivity contribution is 0.0653. The summed E-state index contributed by atoms with van der Waals surface area (Å²) in [6, 6.07) is 9.66. The number of amides is 1. The third-order valence-electron chi connectivity index (χ3n) is 2.71. The Morgan fingerprint density at radius 1 is 1.40 bits per heavy atom. The number of hydrogen-bond acceptors (Lipinski definition) is 1. The Kier molecular flexibility index (Phi) is 3.02. The highest BCUT2D eigenvalue weighted by Crippen LogP contribution is 2.10. The number of hydrogen-bond donors (Lipinski definition) is 0. The van der Waals surface area contributed by atoms with E-state index >= 15 is 0 Å². The van der Waals surface area contributed by atoms with Gasteiger partial charge in [0.2, 0.25) is 0 Å². The van der Waals surface area contributed by atoms with Crippen molar-refractivity contribution in [1.29, 1.82) is 0 Å². The Morgan fingerprint density at radius 2 is 2.13 bits per heavy atom. The smallest absolute Gasteiger partial charge is 0.254 e. The van der Waals surface area contributed by atoms with Crippen LogP contribution in [0.5, 0.6) is 0 Å². The van der Waals surface area contributed by atoms with Crippen LogP contribution in [0.4, 0.5) is 0 Å². The molecule has 1 aromatic rings. The lowest BCUT2D eigenvalue weighted by Gasteiger charge is -2.33. The quantitative estimate of drug-likeness (QED) is 0.674. The first-order valence-electron chi connectivity index (χ1n) is 5.28. The van der Waals surface area contributed by atoms with Gasteiger partial charge in [-0.15, -0.1) is 0 Å². The van der Waals surface area contributed by atoms with Crippen molar-refractivity contribution in [1.82, 2.24) is 10.2 Å². The van der Waals surface area contributed by atoms with E-state index in [9.17, 15) is 4.79 Å². The molecule has 0 bridgehead atoms. The zero-order chi connectivity index (χ0) is 10.7. The van der Waals surface area contributed by atoms with Gasteiger partial charge < -0.3 is 4.90 Å². The molecule has 1 atom stereocenters. The molecule has 1 fully saturated rings. The van der Waals surface area contributed by atoms with Crippen LogP contribution in [0.1, 0.15) is 17.3 Å². The van der Waals surface area contributed by atoms with Crippen molar-refractivity contribution in [2.45, 2.75) is 13.0 Å². The van der Waals surface area contributed by atoms with E-state index in [1.807, 2.05) is 42.2 Å². The molecule has 0 aliphatic carbocycles. The number of carbonyl (C=O) groups excluding carboxylic acids is 1. The first-order valence-corrected chi connectivity index (χ1v) is 5.28. The maximum Gasteiger partial charge on any atom is 0.254 e. The highest BCUT2D eigenvalue weighted by molar-refractivity contribution is 5.94. The summed E-state index contributed by atoms with van der Waals surface area (Å²) in [7, 11) is 0. The topological polar surface area (TPSA) is 34.4 Å². The number of benzene rings is 1. The van der Waals surface area contributed by atoms with Crippen LogP contribution < -0.4 is 5.32 Å². The van der Waals surface area contributed by atoms with E-state index in [0.29, 0.717) is 0 Å². The van der Waals surface area contributed by atoms with Gasteiger partial charge in [-0.2, -0.15) is 0 Å². The Bertz CT molecular complexity index is 337. The molecule has 1 amide bonds. The molecular weight excluding hydrogens is 188 g/mol. The zero-order valence-corrected chi connectivity index (χ0v) is 8.89. The maximum atomic E-state index is 12.1. The normalized spacial score (nSPS) is 21.4. The van der Waals surface area contributed by atoms with Gasteiger partial charge in [0, 0.05) is 31.2 Å². The minimum Gasteiger partial charge on any atom is -0.333 e. The van der Waals surface area contributed by atoms with Gasteiger partial charge in [-0.1, -0.05) is 18.2 Å². The molecule has 1 aliphatic rings.